The van der Waals surface area contributed by atoms with Crippen molar-refractivity contribution in [3.8, 4) is 11.3 Å². The molecular formula is C15H15FN2O. The van der Waals surface area contributed by atoms with Gasteiger partial charge in [-0.1, -0.05) is 13.8 Å². The summed E-state index contributed by atoms with van der Waals surface area (Å²) in [6, 6.07) is 7.58. The van der Waals surface area contributed by atoms with Crippen LogP contribution in [0.3, 0.4) is 0 Å². The van der Waals surface area contributed by atoms with Crippen molar-refractivity contribution >= 4 is 0 Å². The van der Waals surface area contributed by atoms with Crippen LogP contribution >= 0.6 is 0 Å². The number of nitrogens with zero attached hydrogens (tertiary/aromatic N) is 2. The minimum Gasteiger partial charge on any atom is -0.296 e. The van der Waals surface area contributed by atoms with Crippen LogP contribution in [0.1, 0.15) is 19.7 Å². The second-order valence-corrected chi connectivity index (χ2v) is 5.83. The molecule has 2 heterocycles. The lowest BCUT2D eigenvalue weighted by Gasteiger charge is -2.13. The summed E-state index contributed by atoms with van der Waals surface area (Å²) < 4.78 is 14.6. The molecule has 1 aromatic carbocycles. The molecule has 0 saturated heterocycles. The number of halogens is 1. The molecule has 3 rings (SSSR count). The molecule has 0 bridgehead atoms. The molecule has 0 saturated carbocycles. The smallest absolute Gasteiger partial charge is 0.254 e. The van der Waals surface area contributed by atoms with E-state index in [1.807, 2.05) is 0 Å². The van der Waals surface area contributed by atoms with Crippen LogP contribution in [0.25, 0.3) is 11.3 Å². The highest BCUT2D eigenvalue weighted by Gasteiger charge is 2.30. The van der Waals surface area contributed by atoms with E-state index in [4.69, 9.17) is 0 Å². The van der Waals surface area contributed by atoms with Crippen molar-refractivity contribution in [3.63, 3.8) is 0 Å². The molecular weight excluding hydrogens is 243 g/mol. The van der Waals surface area contributed by atoms with Gasteiger partial charge in [0.05, 0.1) is 5.69 Å². The molecule has 1 aromatic heterocycles. The highest BCUT2D eigenvalue weighted by molar-refractivity contribution is 5.58. The second-order valence-electron chi connectivity index (χ2n) is 5.83. The van der Waals surface area contributed by atoms with Gasteiger partial charge in [0.15, 0.2) is 0 Å². The predicted molar refractivity (Wildman–Crippen MR) is 71.4 cm³/mol. The van der Waals surface area contributed by atoms with Crippen molar-refractivity contribution in [3.05, 3.63) is 52.3 Å². The maximum absolute atomic E-state index is 12.9. The van der Waals surface area contributed by atoms with Gasteiger partial charge < -0.3 is 0 Å². The van der Waals surface area contributed by atoms with Crippen LogP contribution in [0.2, 0.25) is 0 Å². The third-order valence-electron chi connectivity index (χ3n) is 3.45. The maximum Gasteiger partial charge on any atom is 0.254 e. The largest absolute Gasteiger partial charge is 0.296 e. The summed E-state index contributed by atoms with van der Waals surface area (Å²) >= 11 is 0. The van der Waals surface area contributed by atoms with Crippen molar-refractivity contribution < 1.29 is 4.39 Å². The van der Waals surface area contributed by atoms with E-state index < -0.39 is 0 Å². The molecule has 1 aliphatic heterocycles. The van der Waals surface area contributed by atoms with Gasteiger partial charge in [-0.05, 0) is 29.7 Å². The first-order chi connectivity index (χ1) is 8.94. The van der Waals surface area contributed by atoms with E-state index in [2.05, 4.69) is 18.8 Å². The molecule has 0 unspecified atom stereocenters. The van der Waals surface area contributed by atoms with E-state index in [0.29, 0.717) is 12.2 Å². The van der Waals surface area contributed by atoms with Crippen molar-refractivity contribution in [2.24, 2.45) is 5.41 Å². The Kier molecular flexibility index (Phi) is 2.55. The number of fused-ring (bicyclic) bond motifs is 1. The molecule has 19 heavy (non-hydrogen) atoms. The van der Waals surface area contributed by atoms with Gasteiger partial charge in [0, 0.05) is 24.6 Å². The lowest BCUT2D eigenvalue weighted by molar-refractivity contribution is 0.357. The summed E-state index contributed by atoms with van der Waals surface area (Å²) in [6.07, 6.45) is 0.789. The molecule has 2 aromatic rings. The Hall–Kier alpha value is -1.97. The topological polar surface area (TPSA) is 34.9 Å². The molecule has 98 valence electrons. The van der Waals surface area contributed by atoms with E-state index in [1.165, 1.54) is 18.2 Å². The Bertz CT molecular complexity index is 686. The highest BCUT2D eigenvalue weighted by Crippen LogP contribution is 2.30. The molecule has 0 amide bonds. The summed E-state index contributed by atoms with van der Waals surface area (Å²) in [5.74, 6) is 0.527. The van der Waals surface area contributed by atoms with E-state index >= 15 is 0 Å². The lowest BCUT2D eigenvalue weighted by atomic mass is 9.92. The summed E-state index contributed by atoms with van der Waals surface area (Å²) in [5.41, 5.74) is 1.43. The zero-order valence-electron chi connectivity index (χ0n) is 11.0. The third-order valence-corrected chi connectivity index (χ3v) is 3.45. The summed E-state index contributed by atoms with van der Waals surface area (Å²) in [4.78, 5) is 16.7. The predicted octanol–water partition coefficient (Wildman–Crippen LogP) is 2.63. The van der Waals surface area contributed by atoms with Gasteiger partial charge in [-0.25, -0.2) is 9.37 Å². The van der Waals surface area contributed by atoms with E-state index in [9.17, 15) is 9.18 Å². The molecule has 0 atom stereocenters. The standard InChI is InChI=1S/C15H15FN2O/c1-15(2)8-13-17-12(7-14(19)18(13)9-15)10-3-5-11(16)6-4-10/h3-7H,8-9H2,1-2H3. The molecule has 0 aliphatic carbocycles. The van der Waals surface area contributed by atoms with Crippen molar-refractivity contribution in [1.29, 1.82) is 0 Å². The van der Waals surface area contributed by atoms with Crippen LogP contribution in [-0.2, 0) is 13.0 Å². The molecule has 0 spiro atoms. The Morgan fingerprint density at radius 2 is 1.95 bits per heavy atom. The van der Waals surface area contributed by atoms with Gasteiger partial charge in [0.25, 0.3) is 5.56 Å². The Balaban J connectivity index is 2.10. The highest BCUT2D eigenvalue weighted by atomic mass is 19.1. The maximum atomic E-state index is 12.9. The van der Waals surface area contributed by atoms with Gasteiger partial charge >= 0.3 is 0 Å². The molecule has 1 aliphatic rings. The molecule has 3 nitrogen and oxygen atoms in total. The summed E-state index contributed by atoms with van der Waals surface area (Å²) in [6.45, 7) is 4.95. The zero-order valence-corrected chi connectivity index (χ0v) is 11.0. The van der Waals surface area contributed by atoms with Gasteiger partial charge in [0.2, 0.25) is 0 Å². The van der Waals surface area contributed by atoms with Gasteiger partial charge in [-0.15, -0.1) is 0 Å². The third kappa shape index (κ3) is 2.18. The fourth-order valence-electron chi connectivity index (χ4n) is 2.54. The first kappa shape index (κ1) is 12.1. The van der Waals surface area contributed by atoms with Crippen LogP contribution < -0.4 is 5.56 Å². The average Bonchev–Trinajstić information content (AvgIpc) is 2.65. The minimum atomic E-state index is -0.289. The first-order valence-electron chi connectivity index (χ1n) is 6.31. The monoisotopic (exact) mass is 258 g/mol. The minimum absolute atomic E-state index is 0.0325. The van der Waals surface area contributed by atoms with Crippen molar-refractivity contribution in [2.75, 3.05) is 0 Å². The Morgan fingerprint density at radius 3 is 2.63 bits per heavy atom. The Morgan fingerprint density at radius 1 is 1.26 bits per heavy atom. The lowest BCUT2D eigenvalue weighted by Crippen LogP contribution is -2.22. The number of hydrogen-bond donors (Lipinski definition) is 0. The molecule has 0 radical (unpaired) electrons. The number of aromatic nitrogens is 2. The molecule has 0 N–H and O–H groups in total. The fourth-order valence-corrected chi connectivity index (χ4v) is 2.54. The second kappa shape index (κ2) is 4.02. The molecule has 0 fully saturated rings. The van der Waals surface area contributed by atoms with Crippen molar-refractivity contribution in [1.82, 2.24) is 9.55 Å². The van der Waals surface area contributed by atoms with E-state index in [1.54, 1.807) is 16.7 Å². The Labute approximate surface area is 110 Å². The normalized spacial score (nSPS) is 16.4. The summed E-state index contributed by atoms with van der Waals surface area (Å²) in [7, 11) is 0. The van der Waals surface area contributed by atoms with Crippen LogP contribution in [0.15, 0.2) is 35.1 Å². The van der Waals surface area contributed by atoms with Gasteiger partial charge in [0.1, 0.15) is 11.6 Å². The fraction of sp³-hybridized carbons (Fsp3) is 0.333. The van der Waals surface area contributed by atoms with Crippen LogP contribution in [0.4, 0.5) is 4.39 Å². The van der Waals surface area contributed by atoms with Crippen molar-refractivity contribution in [2.45, 2.75) is 26.8 Å². The number of benzene rings is 1. The van der Waals surface area contributed by atoms with Gasteiger partial charge in [-0.2, -0.15) is 0 Å². The number of rotatable bonds is 1. The van der Waals surface area contributed by atoms with Crippen LogP contribution in [0, 0.1) is 11.2 Å². The average molecular weight is 258 g/mol. The molecule has 4 heteroatoms. The number of hydrogen-bond acceptors (Lipinski definition) is 2. The zero-order chi connectivity index (χ0) is 13.6. The van der Waals surface area contributed by atoms with E-state index in [-0.39, 0.29) is 16.8 Å². The summed E-state index contributed by atoms with van der Waals surface area (Å²) in [5, 5.41) is 0. The SMILES string of the molecule is CC1(C)Cc2nc(-c3ccc(F)cc3)cc(=O)n2C1. The van der Waals surface area contributed by atoms with E-state index in [0.717, 1.165) is 17.8 Å². The van der Waals surface area contributed by atoms with Crippen LogP contribution in [0.5, 0.6) is 0 Å². The first-order valence-corrected chi connectivity index (χ1v) is 6.31. The van der Waals surface area contributed by atoms with Gasteiger partial charge in [-0.3, -0.25) is 9.36 Å². The van der Waals surface area contributed by atoms with Crippen LogP contribution in [-0.4, -0.2) is 9.55 Å². The quantitative estimate of drug-likeness (QED) is 0.788.